The highest BCUT2D eigenvalue weighted by molar-refractivity contribution is 6.02. The molecule has 31 heavy (non-hydrogen) atoms. The first kappa shape index (κ1) is 18.9. The number of benzene rings is 2. The molecule has 5 rings (SSSR count). The Morgan fingerprint density at radius 3 is 2.61 bits per heavy atom. The summed E-state index contributed by atoms with van der Waals surface area (Å²) >= 11 is 0. The van der Waals surface area contributed by atoms with Crippen LogP contribution in [0.4, 0.5) is 27.5 Å². The van der Waals surface area contributed by atoms with Gasteiger partial charge in [-0.25, -0.2) is 9.37 Å². The maximum Gasteiger partial charge on any atom is 0.253 e. The molecule has 0 saturated carbocycles. The van der Waals surface area contributed by atoms with Crippen molar-refractivity contribution in [2.24, 2.45) is 0 Å². The second-order valence-corrected chi connectivity index (χ2v) is 6.83. The van der Waals surface area contributed by atoms with Crippen LogP contribution in [0.15, 0.2) is 36.5 Å². The van der Waals surface area contributed by atoms with Crippen LogP contribution >= 0.6 is 0 Å². The fraction of sp³-hybridized carbons (Fsp3) is 0.190. The minimum absolute atomic E-state index is 0.0251. The Morgan fingerprint density at radius 1 is 1.03 bits per heavy atom. The third-order valence-electron chi connectivity index (χ3n) is 4.89. The maximum absolute atomic E-state index is 14.4. The Balaban J connectivity index is 1.42. The zero-order chi connectivity index (χ0) is 21.4. The van der Waals surface area contributed by atoms with Crippen molar-refractivity contribution in [2.75, 3.05) is 30.9 Å². The number of fused-ring (bicyclic) bond motifs is 2. The van der Waals surface area contributed by atoms with Gasteiger partial charge in [0, 0.05) is 24.4 Å². The number of nitrogens with zero attached hydrogens (tertiary/aromatic N) is 2. The van der Waals surface area contributed by atoms with Crippen LogP contribution in [0.1, 0.15) is 15.9 Å². The molecule has 0 saturated heterocycles. The highest BCUT2D eigenvalue weighted by Gasteiger charge is 2.26. The van der Waals surface area contributed by atoms with Gasteiger partial charge in [-0.2, -0.15) is 4.98 Å². The van der Waals surface area contributed by atoms with E-state index in [0.29, 0.717) is 54.0 Å². The van der Waals surface area contributed by atoms with Gasteiger partial charge in [0.2, 0.25) is 5.95 Å². The van der Waals surface area contributed by atoms with Crippen molar-refractivity contribution >= 4 is 29.0 Å². The average molecular weight is 423 g/mol. The number of amides is 1. The maximum atomic E-state index is 14.4. The summed E-state index contributed by atoms with van der Waals surface area (Å²) in [6.45, 7) is 1.28. The Hall–Kier alpha value is -4.08. The molecule has 2 aromatic carbocycles. The molecule has 10 heteroatoms. The van der Waals surface area contributed by atoms with Gasteiger partial charge in [0.05, 0.1) is 17.4 Å². The molecule has 0 radical (unpaired) electrons. The third-order valence-corrected chi connectivity index (χ3v) is 4.89. The summed E-state index contributed by atoms with van der Waals surface area (Å²) in [6.07, 6.45) is 1.06. The van der Waals surface area contributed by atoms with Crippen LogP contribution < -0.4 is 30.2 Å². The molecular weight excluding hydrogens is 405 g/mol. The number of rotatable bonds is 5. The lowest BCUT2D eigenvalue weighted by molar-refractivity contribution is 0.0957. The molecule has 1 aromatic heterocycles. The van der Waals surface area contributed by atoms with Crippen LogP contribution in [0.5, 0.6) is 17.2 Å². The van der Waals surface area contributed by atoms with Crippen molar-refractivity contribution in [2.45, 2.75) is 6.61 Å². The number of hydrogen-bond donors (Lipinski definition) is 3. The SMILES string of the molecule is CNC(=O)c1c(Nc2ncc(F)c(Nc3ccc4c(c3)OCCO4)n2)ccc2c1CO2. The van der Waals surface area contributed by atoms with Crippen LogP contribution in [0.2, 0.25) is 0 Å². The van der Waals surface area contributed by atoms with Gasteiger partial charge in [-0.3, -0.25) is 4.79 Å². The van der Waals surface area contributed by atoms with E-state index in [4.69, 9.17) is 14.2 Å². The topological polar surface area (TPSA) is 107 Å². The van der Waals surface area contributed by atoms with Crippen molar-refractivity contribution in [1.82, 2.24) is 15.3 Å². The standard InChI is InChI=1S/C21H18FN5O4/c1-23-20(28)18-12-10-31-15(12)5-3-14(18)26-21-24-9-13(22)19(27-21)25-11-2-4-16-17(8-11)30-7-6-29-16/h2-5,8-9H,6-7,10H2,1H3,(H,23,28)(H2,24,25,26,27). The van der Waals surface area contributed by atoms with Crippen LogP contribution in [-0.2, 0) is 6.61 Å². The normalized spacial score (nSPS) is 13.4. The predicted octanol–water partition coefficient (Wildman–Crippen LogP) is 3.13. The van der Waals surface area contributed by atoms with E-state index in [1.807, 2.05) is 0 Å². The van der Waals surface area contributed by atoms with Crippen LogP contribution in [-0.4, -0.2) is 36.1 Å². The van der Waals surface area contributed by atoms with Gasteiger partial charge < -0.3 is 30.2 Å². The number of aromatic nitrogens is 2. The first-order valence-corrected chi connectivity index (χ1v) is 9.59. The minimum atomic E-state index is -0.627. The molecular formula is C21H18FN5O4. The lowest BCUT2D eigenvalue weighted by atomic mass is 10.0. The van der Waals surface area contributed by atoms with E-state index in [2.05, 4.69) is 25.9 Å². The predicted molar refractivity (Wildman–Crippen MR) is 110 cm³/mol. The second kappa shape index (κ2) is 7.63. The zero-order valence-corrected chi connectivity index (χ0v) is 16.5. The first-order valence-electron chi connectivity index (χ1n) is 9.59. The number of nitrogens with one attached hydrogen (secondary N) is 3. The molecule has 3 aromatic rings. The number of anilines is 4. The molecule has 0 fully saturated rings. The molecule has 1 amide bonds. The summed E-state index contributed by atoms with van der Waals surface area (Å²) in [5, 5.41) is 8.55. The number of hydrogen-bond acceptors (Lipinski definition) is 8. The number of ether oxygens (including phenoxy) is 3. The first-order chi connectivity index (χ1) is 15.1. The minimum Gasteiger partial charge on any atom is -0.488 e. The van der Waals surface area contributed by atoms with E-state index in [0.717, 1.165) is 11.8 Å². The lowest BCUT2D eigenvalue weighted by Crippen LogP contribution is -2.25. The van der Waals surface area contributed by atoms with Gasteiger partial charge in [-0.05, 0) is 24.3 Å². The molecule has 2 aliphatic rings. The zero-order valence-electron chi connectivity index (χ0n) is 16.5. The van der Waals surface area contributed by atoms with Crippen LogP contribution in [0.3, 0.4) is 0 Å². The summed E-state index contributed by atoms with van der Waals surface area (Å²) in [4.78, 5) is 20.6. The lowest BCUT2D eigenvalue weighted by Gasteiger charge is -2.25. The molecule has 3 heterocycles. The van der Waals surface area contributed by atoms with E-state index in [1.54, 1.807) is 37.4 Å². The largest absolute Gasteiger partial charge is 0.488 e. The molecule has 9 nitrogen and oxygen atoms in total. The molecule has 3 N–H and O–H groups in total. The number of carbonyl (C=O) groups is 1. The van der Waals surface area contributed by atoms with E-state index in [9.17, 15) is 9.18 Å². The smallest absolute Gasteiger partial charge is 0.253 e. The van der Waals surface area contributed by atoms with E-state index < -0.39 is 5.82 Å². The van der Waals surface area contributed by atoms with Gasteiger partial charge in [-0.15, -0.1) is 0 Å². The van der Waals surface area contributed by atoms with Crippen molar-refractivity contribution in [3.05, 3.63) is 53.5 Å². The summed E-state index contributed by atoms with van der Waals surface area (Å²) in [5.74, 6) is 1.08. The molecule has 2 aliphatic heterocycles. The molecule has 0 spiro atoms. The van der Waals surface area contributed by atoms with Gasteiger partial charge in [0.25, 0.3) is 5.91 Å². The van der Waals surface area contributed by atoms with Crippen molar-refractivity contribution in [1.29, 1.82) is 0 Å². The van der Waals surface area contributed by atoms with E-state index in [1.165, 1.54) is 0 Å². The monoisotopic (exact) mass is 423 g/mol. The van der Waals surface area contributed by atoms with Crippen molar-refractivity contribution in [3.63, 3.8) is 0 Å². The number of carbonyl (C=O) groups excluding carboxylic acids is 1. The van der Waals surface area contributed by atoms with Gasteiger partial charge >= 0.3 is 0 Å². The summed E-state index contributed by atoms with van der Waals surface area (Å²) in [7, 11) is 1.55. The summed E-state index contributed by atoms with van der Waals surface area (Å²) < 4.78 is 30.8. The van der Waals surface area contributed by atoms with Crippen molar-refractivity contribution in [3.8, 4) is 17.2 Å². The highest BCUT2D eigenvalue weighted by Crippen LogP contribution is 2.37. The Morgan fingerprint density at radius 2 is 1.84 bits per heavy atom. The fourth-order valence-electron chi connectivity index (χ4n) is 3.36. The summed E-state index contributed by atoms with van der Waals surface area (Å²) in [5.41, 5.74) is 2.32. The average Bonchev–Trinajstić information content (AvgIpc) is 2.77. The Labute approximate surface area is 176 Å². The fourth-order valence-corrected chi connectivity index (χ4v) is 3.36. The van der Waals surface area contributed by atoms with Crippen LogP contribution in [0, 0.1) is 5.82 Å². The molecule has 0 unspecified atom stereocenters. The van der Waals surface area contributed by atoms with E-state index in [-0.39, 0.29) is 17.7 Å². The highest BCUT2D eigenvalue weighted by atomic mass is 19.1. The summed E-state index contributed by atoms with van der Waals surface area (Å²) in [6, 6.07) is 8.65. The molecule has 0 bridgehead atoms. The Bertz CT molecular complexity index is 1190. The molecule has 0 atom stereocenters. The third kappa shape index (κ3) is 3.52. The number of halogens is 1. The van der Waals surface area contributed by atoms with E-state index >= 15 is 0 Å². The van der Waals surface area contributed by atoms with Gasteiger partial charge in [0.15, 0.2) is 23.1 Å². The van der Waals surface area contributed by atoms with Gasteiger partial charge in [-0.1, -0.05) is 0 Å². The Kier molecular flexibility index (Phi) is 4.66. The van der Waals surface area contributed by atoms with Crippen LogP contribution in [0.25, 0.3) is 0 Å². The van der Waals surface area contributed by atoms with Crippen molar-refractivity contribution < 1.29 is 23.4 Å². The molecule has 0 aliphatic carbocycles. The van der Waals surface area contributed by atoms with Gasteiger partial charge in [0.1, 0.15) is 25.6 Å². The quantitative estimate of drug-likeness (QED) is 0.575. The second-order valence-electron chi connectivity index (χ2n) is 6.83. The molecule has 158 valence electrons.